The number of hydrogen-bond donors (Lipinski definition) is 1. The first-order valence-corrected chi connectivity index (χ1v) is 7.90. The Kier molecular flexibility index (Phi) is 6.70. The monoisotopic (exact) mass is 277 g/mol. The predicted octanol–water partition coefficient (Wildman–Crippen LogP) is 4.08. The van der Waals surface area contributed by atoms with Crippen molar-refractivity contribution in [3.8, 4) is 0 Å². The second-order valence-electron chi connectivity index (χ2n) is 5.94. The fourth-order valence-corrected chi connectivity index (χ4v) is 2.84. The highest BCUT2D eigenvalue weighted by Gasteiger charge is 2.18. The molecule has 20 heavy (non-hydrogen) atoms. The van der Waals surface area contributed by atoms with Gasteiger partial charge in [0.05, 0.1) is 6.10 Å². The Morgan fingerprint density at radius 1 is 1.05 bits per heavy atom. The lowest BCUT2D eigenvalue weighted by atomic mass is 9.90. The van der Waals surface area contributed by atoms with Gasteiger partial charge in [0.1, 0.15) is 0 Å². The van der Waals surface area contributed by atoms with Crippen LogP contribution in [0.15, 0.2) is 6.07 Å². The third-order valence-electron chi connectivity index (χ3n) is 4.46. The molecule has 1 aromatic rings. The summed E-state index contributed by atoms with van der Waals surface area (Å²) in [5.74, 6) is 0. The van der Waals surface area contributed by atoms with Gasteiger partial charge in [-0.1, -0.05) is 26.3 Å². The molecule has 2 heteroatoms. The van der Waals surface area contributed by atoms with E-state index in [1.807, 2.05) is 0 Å². The molecule has 0 radical (unpaired) electrons. The van der Waals surface area contributed by atoms with Crippen LogP contribution in [0.5, 0.6) is 0 Å². The van der Waals surface area contributed by atoms with Crippen LogP contribution < -0.4 is 0 Å². The molecule has 0 fully saturated rings. The van der Waals surface area contributed by atoms with Crippen molar-refractivity contribution in [3.05, 3.63) is 33.9 Å². The highest BCUT2D eigenvalue weighted by Crippen LogP contribution is 2.28. The summed E-state index contributed by atoms with van der Waals surface area (Å²) in [4.78, 5) is 2.35. The van der Waals surface area contributed by atoms with E-state index in [1.165, 1.54) is 35.1 Å². The molecule has 0 bridgehead atoms. The van der Waals surface area contributed by atoms with Crippen LogP contribution in [0, 0.1) is 27.7 Å². The summed E-state index contributed by atoms with van der Waals surface area (Å²) in [5, 5.41) is 10.7. The van der Waals surface area contributed by atoms with Gasteiger partial charge in [0.15, 0.2) is 0 Å². The zero-order valence-corrected chi connectivity index (χ0v) is 14.1. The number of nitrogens with zero attached hydrogens (tertiary/aromatic N) is 1. The molecule has 1 aromatic carbocycles. The number of aliphatic hydroxyl groups is 1. The van der Waals surface area contributed by atoms with Crippen LogP contribution in [-0.2, 0) is 0 Å². The summed E-state index contributed by atoms with van der Waals surface area (Å²) in [5.41, 5.74) is 6.18. The molecule has 0 saturated carbocycles. The molecular weight excluding hydrogens is 246 g/mol. The Labute approximate surface area is 124 Å². The van der Waals surface area contributed by atoms with E-state index < -0.39 is 0 Å². The summed E-state index contributed by atoms with van der Waals surface area (Å²) in [6.45, 7) is 15.7. The number of hydrogen-bond acceptors (Lipinski definition) is 2. The maximum atomic E-state index is 10.7. The molecule has 2 nitrogen and oxygen atoms in total. The van der Waals surface area contributed by atoms with Crippen LogP contribution in [0.1, 0.15) is 60.6 Å². The molecule has 0 spiro atoms. The highest BCUT2D eigenvalue weighted by atomic mass is 16.3. The molecule has 0 aliphatic heterocycles. The number of aliphatic hydroxyl groups excluding tert-OH is 1. The second-order valence-corrected chi connectivity index (χ2v) is 5.94. The average Bonchev–Trinajstić information content (AvgIpc) is 2.41. The third kappa shape index (κ3) is 4.07. The fraction of sp³-hybridized carbons (Fsp3) is 0.667. The number of benzene rings is 1. The Balaban J connectivity index is 2.94. The van der Waals surface area contributed by atoms with Gasteiger partial charge in [-0.3, -0.25) is 0 Å². The summed E-state index contributed by atoms with van der Waals surface area (Å²) < 4.78 is 0. The summed E-state index contributed by atoms with van der Waals surface area (Å²) in [6, 6.07) is 2.22. The van der Waals surface area contributed by atoms with E-state index in [2.05, 4.69) is 52.5 Å². The topological polar surface area (TPSA) is 23.5 Å². The number of likely N-dealkylation sites (N-methyl/N-ethyl adjacent to an activating group) is 1. The average molecular weight is 277 g/mol. The number of rotatable bonds is 7. The van der Waals surface area contributed by atoms with E-state index in [0.29, 0.717) is 0 Å². The SMILES string of the molecule is CCCCN(CC)CC(O)c1c(C)c(C)cc(C)c1C. The van der Waals surface area contributed by atoms with Crippen molar-refractivity contribution in [3.63, 3.8) is 0 Å². The first-order valence-electron chi connectivity index (χ1n) is 7.90. The van der Waals surface area contributed by atoms with Crippen molar-refractivity contribution in [2.24, 2.45) is 0 Å². The summed E-state index contributed by atoms with van der Waals surface area (Å²) in [7, 11) is 0. The van der Waals surface area contributed by atoms with E-state index in [1.54, 1.807) is 0 Å². The standard InChI is InChI=1S/C18H31NO/c1-7-9-10-19(8-2)12-17(20)18-15(5)13(3)11-14(4)16(18)6/h11,17,20H,7-10,12H2,1-6H3. The Morgan fingerprint density at radius 2 is 1.60 bits per heavy atom. The molecule has 0 aliphatic carbocycles. The molecule has 0 aliphatic rings. The number of unbranched alkanes of at least 4 members (excludes halogenated alkanes) is 1. The lowest BCUT2D eigenvalue weighted by Crippen LogP contribution is -2.30. The predicted molar refractivity (Wildman–Crippen MR) is 87.4 cm³/mol. The van der Waals surface area contributed by atoms with E-state index in [-0.39, 0.29) is 6.10 Å². The minimum absolute atomic E-state index is 0.384. The molecule has 1 rings (SSSR count). The van der Waals surface area contributed by atoms with Crippen LogP contribution in [0.2, 0.25) is 0 Å². The van der Waals surface area contributed by atoms with Gasteiger partial charge in [-0.05, 0) is 75.0 Å². The van der Waals surface area contributed by atoms with Crippen LogP contribution in [0.4, 0.5) is 0 Å². The van der Waals surface area contributed by atoms with Crippen LogP contribution in [0.3, 0.4) is 0 Å². The van der Waals surface area contributed by atoms with E-state index in [4.69, 9.17) is 0 Å². The molecule has 0 amide bonds. The third-order valence-corrected chi connectivity index (χ3v) is 4.46. The lowest BCUT2D eigenvalue weighted by molar-refractivity contribution is 0.114. The van der Waals surface area contributed by atoms with Crippen LogP contribution >= 0.6 is 0 Å². The van der Waals surface area contributed by atoms with Crippen molar-refractivity contribution in [1.29, 1.82) is 0 Å². The molecule has 1 N–H and O–H groups in total. The van der Waals surface area contributed by atoms with Crippen molar-refractivity contribution in [2.75, 3.05) is 19.6 Å². The Hall–Kier alpha value is -0.860. The minimum atomic E-state index is -0.384. The van der Waals surface area contributed by atoms with Gasteiger partial charge in [0.2, 0.25) is 0 Å². The van der Waals surface area contributed by atoms with Crippen molar-refractivity contribution in [1.82, 2.24) is 4.90 Å². The summed E-state index contributed by atoms with van der Waals surface area (Å²) in [6.07, 6.45) is 2.02. The van der Waals surface area contributed by atoms with E-state index in [0.717, 1.165) is 25.2 Å². The first kappa shape index (κ1) is 17.2. The van der Waals surface area contributed by atoms with Gasteiger partial charge >= 0.3 is 0 Å². The molecule has 0 aromatic heterocycles. The molecule has 1 atom stereocenters. The largest absolute Gasteiger partial charge is 0.387 e. The summed E-state index contributed by atoms with van der Waals surface area (Å²) >= 11 is 0. The molecule has 0 heterocycles. The molecule has 114 valence electrons. The van der Waals surface area contributed by atoms with Gasteiger partial charge in [-0.25, -0.2) is 0 Å². The molecular formula is C18H31NO. The van der Waals surface area contributed by atoms with E-state index in [9.17, 15) is 5.11 Å². The van der Waals surface area contributed by atoms with Gasteiger partial charge in [-0.2, -0.15) is 0 Å². The highest BCUT2D eigenvalue weighted by molar-refractivity contribution is 5.45. The Bertz CT molecular complexity index is 413. The van der Waals surface area contributed by atoms with Crippen molar-refractivity contribution in [2.45, 2.75) is 60.5 Å². The minimum Gasteiger partial charge on any atom is -0.387 e. The lowest BCUT2D eigenvalue weighted by Gasteiger charge is -2.26. The smallest absolute Gasteiger partial charge is 0.0922 e. The Morgan fingerprint density at radius 3 is 2.05 bits per heavy atom. The molecule has 0 saturated heterocycles. The second kappa shape index (κ2) is 7.80. The zero-order valence-electron chi connectivity index (χ0n) is 14.1. The quantitative estimate of drug-likeness (QED) is 0.812. The van der Waals surface area contributed by atoms with Crippen molar-refractivity contribution < 1.29 is 5.11 Å². The van der Waals surface area contributed by atoms with Gasteiger partial charge in [-0.15, -0.1) is 0 Å². The maximum Gasteiger partial charge on any atom is 0.0922 e. The number of aryl methyl sites for hydroxylation is 2. The van der Waals surface area contributed by atoms with Gasteiger partial charge < -0.3 is 10.0 Å². The normalized spacial score (nSPS) is 13.0. The van der Waals surface area contributed by atoms with Crippen LogP contribution in [-0.4, -0.2) is 29.6 Å². The molecule has 1 unspecified atom stereocenters. The maximum absolute atomic E-state index is 10.7. The van der Waals surface area contributed by atoms with Crippen LogP contribution in [0.25, 0.3) is 0 Å². The first-order chi connectivity index (χ1) is 9.42. The van der Waals surface area contributed by atoms with Gasteiger partial charge in [0.25, 0.3) is 0 Å². The van der Waals surface area contributed by atoms with E-state index >= 15 is 0 Å². The van der Waals surface area contributed by atoms with Crippen molar-refractivity contribution >= 4 is 0 Å². The fourth-order valence-electron chi connectivity index (χ4n) is 2.84. The van der Waals surface area contributed by atoms with Gasteiger partial charge in [0, 0.05) is 6.54 Å². The zero-order chi connectivity index (χ0) is 15.3.